The van der Waals surface area contributed by atoms with Crippen LogP contribution in [0.15, 0.2) is 42.6 Å². The van der Waals surface area contributed by atoms with Crippen molar-refractivity contribution in [2.45, 2.75) is 65.7 Å². The van der Waals surface area contributed by atoms with Gasteiger partial charge >= 0.3 is 11.9 Å². The zero-order valence-corrected chi connectivity index (χ0v) is 22.9. The van der Waals surface area contributed by atoms with E-state index in [9.17, 15) is 14.4 Å². The summed E-state index contributed by atoms with van der Waals surface area (Å²) in [6.45, 7) is 8.59. The first-order chi connectivity index (χ1) is 18.1. The van der Waals surface area contributed by atoms with E-state index in [-0.39, 0.29) is 29.2 Å². The number of esters is 2. The Bertz CT molecular complexity index is 1040. The van der Waals surface area contributed by atoms with Gasteiger partial charge in [-0.25, -0.2) is 9.78 Å². The number of aromatic nitrogens is 1. The Morgan fingerprint density at radius 1 is 1.03 bits per heavy atom. The summed E-state index contributed by atoms with van der Waals surface area (Å²) in [6, 6.07) is 10.7. The first-order valence-electron chi connectivity index (χ1n) is 12.6. The van der Waals surface area contributed by atoms with Crippen LogP contribution in [0.5, 0.6) is 11.5 Å². The SMILES string of the molecule is COc1ccnc(C(=O)N[C@@H](C)C(=O)OC(C(C)C)[C@H](C)OCCCc2ccccc2)c1OCOC(C)=O. The number of carbonyl (C=O) groups is 3. The van der Waals surface area contributed by atoms with Crippen LogP contribution in [0, 0.1) is 5.92 Å². The molecular weight excluding hydrogens is 492 g/mol. The average molecular weight is 531 g/mol. The largest absolute Gasteiger partial charge is 0.493 e. The van der Waals surface area contributed by atoms with Crippen LogP contribution < -0.4 is 14.8 Å². The van der Waals surface area contributed by atoms with Crippen molar-refractivity contribution < 1.29 is 38.1 Å². The summed E-state index contributed by atoms with van der Waals surface area (Å²) in [4.78, 5) is 40.9. The summed E-state index contributed by atoms with van der Waals surface area (Å²) in [7, 11) is 1.40. The molecule has 0 aliphatic heterocycles. The Hall–Kier alpha value is -3.66. The predicted molar refractivity (Wildman–Crippen MR) is 140 cm³/mol. The fraction of sp³-hybridized carbons (Fsp3) is 0.500. The van der Waals surface area contributed by atoms with Crippen LogP contribution in [0.25, 0.3) is 0 Å². The number of carbonyl (C=O) groups excluding carboxylic acids is 3. The molecule has 2 aromatic rings. The first kappa shape index (κ1) is 30.6. The number of rotatable bonds is 15. The lowest BCUT2D eigenvalue weighted by atomic mass is 10.0. The molecular formula is C28H38N2O8. The van der Waals surface area contributed by atoms with E-state index >= 15 is 0 Å². The predicted octanol–water partition coefficient (Wildman–Crippen LogP) is 3.71. The highest BCUT2D eigenvalue weighted by atomic mass is 16.7. The van der Waals surface area contributed by atoms with Crippen molar-refractivity contribution in [3.8, 4) is 11.5 Å². The zero-order valence-electron chi connectivity index (χ0n) is 22.9. The highest BCUT2D eigenvalue weighted by molar-refractivity contribution is 5.98. The smallest absolute Gasteiger partial charge is 0.328 e. The van der Waals surface area contributed by atoms with E-state index in [1.54, 1.807) is 0 Å². The van der Waals surface area contributed by atoms with Gasteiger partial charge < -0.3 is 29.0 Å². The van der Waals surface area contributed by atoms with Crippen LogP contribution in [-0.2, 0) is 30.2 Å². The third-order valence-electron chi connectivity index (χ3n) is 5.68. The molecule has 38 heavy (non-hydrogen) atoms. The molecule has 1 amide bonds. The number of methoxy groups -OCH3 is 1. The monoisotopic (exact) mass is 530 g/mol. The first-order valence-corrected chi connectivity index (χ1v) is 12.6. The van der Waals surface area contributed by atoms with Gasteiger partial charge in [-0.1, -0.05) is 44.2 Å². The van der Waals surface area contributed by atoms with Crippen LogP contribution >= 0.6 is 0 Å². The summed E-state index contributed by atoms with van der Waals surface area (Å²) >= 11 is 0. The summed E-state index contributed by atoms with van der Waals surface area (Å²) < 4.78 is 27.1. The molecule has 0 fully saturated rings. The van der Waals surface area contributed by atoms with Gasteiger partial charge in [-0.15, -0.1) is 0 Å². The van der Waals surface area contributed by atoms with Gasteiger partial charge in [0.05, 0.1) is 13.2 Å². The Kier molecular flexibility index (Phi) is 12.5. The molecule has 0 spiro atoms. The molecule has 0 radical (unpaired) electrons. The maximum atomic E-state index is 12.9. The van der Waals surface area contributed by atoms with Crippen molar-refractivity contribution in [3.05, 3.63) is 53.9 Å². The number of hydrogen-bond acceptors (Lipinski definition) is 9. The molecule has 10 nitrogen and oxygen atoms in total. The molecule has 3 atom stereocenters. The second-order valence-corrected chi connectivity index (χ2v) is 9.09. The molecule has 1 aromatic heterocycles. The van der Waals surface area contributed by atoms with Crippen molar-refractivity contribution in [2.24, 2.45) is 5.92 Å². The van der Waals surface area contributed by atoms with Crippen LogP contribution in [0.1, 0.15) is 57.1 Å². The molecule has 2 rings (SSSR count). The van der Waals surface area contributed by atoms with Gasteiger partial charge in [0, 0.05) is 25.8 Å². The quantitative estimate of drug-likeness (QED) is 0.209. The van der Waals surface area contributed by atoms with Gasteiger partial charge in [0.15, 0.2) is 17.2 Å². The number of nitrogens with zero attached hydrogens (tertiary/aromatic N) is 1. The van der Waals surface area contributed by atoms with Crippen molar-refractivity contribution in [2.75, 3.05) is 20.5 Å². The van der Waals surface area contributed by atoms with E-state index < -0.39 is 36.8 Å². The minimum atomic E-state index is -0.983. The molecule has 10 heteroatoms. The van der Waals surface area contributed by atoms with Crippen molar-refractivity contribution in [3.63, 3.8) is 0 Å². The van der Waals surface area contributed by atoms with Gasteiger partial charge in [0.1, 0.15) is 12.1 Å². The minimum absolute atomic E-state index is 0.00713. The van der Waals surface area contributed by atoms with E-state index in [1.807, 2.05) is 39.0 Å². The molecule has 0 bridgehead atoms. The molecule has 1 N–H and O–H groups in total. The molecule has 0 aliphatic carbocycles. The van der Waals surface area contributed by atoms with E-state index in [0.717, 1.165) is 12.8 Å². The Morgan fingerprint density at radius 3 is 2.37 bits per heavy atom. The van der Waals surface area contributed by atoms with Crippen LogP contribution in [0.4, 0.5) is 0 Å². The van der Waals surface area contributed by atoms with E-state index in [0.29, 0.717) is 6.61 Å². The van der Waals surface area contributed by atoms with Gasteiger partial charge in [0.2, 0.25) is 6.79 Å². The third kappa shape index (κ3) is 9.66. The number of ether oxygens (including phenoxy) is 5. The van der Waals surface area contributed by atoms with Crippen LogP contribution in [0.2, 0.25) is 0 Å². The number of benzene rings is 1. The average Bonchev–Trinajstić information content (AvgIpc) is 2.89. The van der Waals surface area contributed by atoms with Crippen molar-refractivity contribution in [1.29, 1.82) is 0 Å². The van der Waals surface area contributed by atoms with Gasteiger partial charge in [-0.2, -0.15) is 0 Å². The van der Waals surface area contributed by atoms with Gasteiger partial charge in [-0.3, -0.25) is 9.59 Å². The molecule has 208 valence electrons. The van der Waals surface area contributed by atoms with E-state index in [2.05, 4.69) is 22.4 Å². The molecule has 0 saturated carbocycles. The number of pyridine rings is 1. The van der Waals surface area contributed by atoms with Crippen LogP contribution in [-0.4, -0.2) is 61.6 Å². The maximum absolute atomic E-state index is 12.9. The topological polar surface area (TPSA) is 122 Å². The fourth-order valence-electron chi connectivity index (χ4n) is 3.68. The van der Waals surface area contributed by atoms with Crippen molar-refractivity contribution in [1.82, 2.24) is 10.3 Å². The normalized spacial score (nSPS) is 13.2. The lowest BCUT2D eigenvalue weighted by Crippen LogP contribution is -2.44. The third-order valence-corrected chi connectivity index (χ3v) is 5.68. The summed E-state index contributed by atoms with van der Waals surface area (Å²) in [5, 5.41) is 2.58. The number of hydrogen-bond donors (Lipinski definition) is 1. The lowest BCUT2D eigenvalue weighted by Gasteiger charge is -2.28. The molecule has 0 aliphatic rings. The Balaban J connectivity index is 1.95. The number of nitrogens with one attached hydrogen (secondary N) is 1. The summed E-state index contributed by atoms with van der Waals surface area (Å²) in [5.74, 6) is -1.66. The van der Waals surface area contributed by atoms with E-state index in [1.165, 1.54) is 38.8 Å². The lowest BCUT2D eigenvalue weighted by molar-refractivity contribution is -0.162. The second kappa shape index (κ2) is 15.6. The summed E-state index contributed by atoms with van der Waals surface area (Å²) in [6.07, 6.45) is 2.26. The van der Waals surface area contributed by atoms with Crippen molar-refractivity contribution >= 4 is 17.8 Å². The zero-order chi connectivity index (χ0) is 28.1. The Morgan fingerprint density at radius 2 is 1.74 bits per heavy atom. The summed E-state index contributed by atoms with van der Waals surface area (Å²) in [5.41, 5.74) is 1.11. The van der Waals surface area contributed by atoms with E-state index in [4.69, 9.17) is 23.7 Å². The number of aryl methyl sites for hydroxylation is 1. The Labute approximate surface area is 224 Å². The van der Waals surface area contributed by atoms with Crippen LogP contribution in [0.3, 0.4) is 0 Å². The maximum Gasteiger partial charge on any atom is 0.328 e. The molecule has 0 saturated heterocycles. The highest BCUT2D eigenvalue weighted by Gasteiger charge is 2.29. The van der Waals surface area contributed by atoms with Gasteiger partial charge in [-0.05, 0) is 38.2 Å². The molecule has 1 heterocycles. The fourth-order valence-corrected chi connectivity index (χ4v) is 3.68. The van der Waals surface area contributed by atoms with Gasteiger partial charge in [0.25, 0.3) is 5.91 Å². The number of amides is 1. The molecule has 1 unspecified atom stereocenters. The second-order valence-electron chi connectivity index (χ2n) is 9.09. The standard InChI is InChI=1S/C28H38N2O8/c1-18(2)25(20(4)35-16-10-13-22-11-8-7-9-12-22)38-28(33)19(3)30-27(32)24-26(37-17-36-21(5)31)23(34-6)14-15-29-24/h7-9,11-12,14-15,18-20,25H,10,13,16-17H2,1-6H3,(H,30,32)/t19-,20-,25?/m0/s1. The highest BCUT2D eigenvalue weighted by Crippen LogP contribution is 2.29. The minimum Gasteiger partial charge on any atom is -0.493 e. The molecule has 1 aromatic carbocycles.